The Hall–Kier alpha value is -2.68. The third-order valence-electron chi connectivity index (χ3n) is 2.64. The van der Waals surface area contributed by atoms with Gasteiger partial charge in [-0.3, -0.25) is 4.79 Å². The smallest absolute Gasteiger partial charge is 0.294 e. The van der Waals surface area contributed by atoms with E-state index in [-0.39, 0.29) is 18.3 Å². The molecule has 1 aromatic carbocycles. The van der Waals surface area contributed by atoms with Crippen molar-refractivity contribution in [1.82, 2.24) is 19.7 Å². The van der Waals surface area contributed by atoms with Crippen molar-refractivity contribution >= 4 is 5.91 Å². The highest BCUT2D eigenvalue weighted by molar-refractivity contribution is 5.90. The predicted molar refractivity (Wildman–Crippen MR) is 68.7 cm³/mol. The standard InChI is InChI=1S/C13H13N5O/c1-10-3-5-11(6-4-10)18-9-15-12(16-18)13(19)17(2)8-7-14/h3-6,9H,8H2,1-2H3. The van der Waals surface area contributed by atoms with Crippen LogP contribution in [0.2, 0.25) is 0 Å². The molecule has 6 nitrogen and oxygen atoms in total. The number of aryl methyl sites for hydroxylation is 1. The molecule has 0 aliphatic carbocycles. The molecule has 96 valence electrons. The number of carbonyl (C=O) groups excluding carboxylic acids is 1. The molecule has 2 aromatic rings. The van der Waals surface area contributed by atoms with E-state index in [1.165, 1.54) is 23.0 Å². The summed E-state index contributed by atoms with van der Waals surface area (Å²) in [5.74, 6) is -0.286. The minimum absolute atomic E-state index is 0.0118. The minimum Gasteiger partial charge on any atom is -0.326 e. The second-order valence-electron chi connectivity index (χ2n) is 4.17. The van der Waals surface area contributed by atoms with Gasteiger partial charge >= 0.3 is 0 Å². The Bertz CT molecular complexity index is 623. The lowest BCUT2D eigenvalue weighted by Gasteiger charge is -2.09. The van der Waals surface area contributed by atoms with E-state index in [0.717, 1.165) is 11.3 Å². The maximum atomic E-state index is 11.9. The van der Waals surface area contributed by atoms with Crippen LogP contribution in [0.3, 0.4) is 0 Å². The van der Waals surface area contributed by atoms with Crippen LogP contribution in [-0.4, -0.2) is 39.2 Å². The summed E-state index contributed by atoms with van der Waals surface area (Å²) in [6.45, 7) is 2.01. The zero-order valence-electron chi connectivity index (χ0n) is 10.7. The summed E-state index contributed by atoms with van der Waals surface area (Å²) >= 11 is 0. The normalized spacial score (nSPS) is 9.95. The molecule has 6 heteroatoms. The highest BCUT2D eigenvalue weighted by Crippen LogP contribution is 2.08. The van der Waals surface area contributed by atoms with Crippen molar-refractivity contribution in [2.45, 2.75) is 6.92 Å². The summed E-state index contributed by atoms with van der Waals surface area (Å²) in [6, 6.07) is 9.62. The number of hydrogen-bond donors (Lipinski definition) is 0. The third-order valence-corrected chi connectivity index (χ3v) is 2.64. The zero-order valence-corrected chi connectivity index (χ0v) is 10.7. The molecule has 2 rings (SSSR count). The molecule has 0 N–H and O–H groups in total. The molecule has 0 atom stereocenters. The fourth-order valence-corrected chi connectivity index (χ4v) is 1.53. The van der Waals surface area contributed by atoms with Gasteiger partial charge in [0, 0.05) is 7.05 Å². The number of carbonyl (C=O) groups is 1. The van der Waals surface area contributed by atoms with Gasteiger partial charge in [0.2, 0.25) is 5.82 Å². The molecule has 0 spiro atoms. The van der Waals surface area contributed by atoms with Crippen LogP contribution in [0.15, 0.2) is 30.6 Å². The number of aromatic nitrogens is 3. The van der Waals surface area contributed by atoms with Gasteiger partial charge in [-0.2, -0.15) is 5.26 Å². The molecule has 0 aliphatic heterocycles. The maximum absolute atomic E-state index is 11.9. The Balaban J connectivity index is 2.22. The van der Waals surface area contributed by atoms with E-state index in [0.29, 0.717) is 0 Å². The quantitative estimate of drug-likeness (QED) is 0.771. The Morgan fingerprint density at radius 3 is 2.74 bits per heavy atom. The first-order valence-corrected chi connectivity index (χ1v) is 5.73. The summed E-state index contributed by atoms with van der Waals surface area (Å²) in [7, 11) is 1.54. The first kappa shape index (κ1) is 12.8. The molecular weight excluding hydrogens is 242 g/mol. The Morgan fingerprint density at radius 2 is 2.11 bits per heavy atom. The number of hydrogen-bond acceptors (Lipinski definition) is 4. The van der Waals surface area contributed by atoms with E-state index in [2.05, 4.69) is 10.1 Å². The first-order chi connectivity index (χ1) is 9.11. The maximum Gasteiger partial charge on any atom is 0.294 e. The van der Waals surface area contributed by atoms with E-state index in [4.69, 9.17) is 5.26 Å². The van der Waals surface area contributed by atoms with Gasteiger partial charge in [0.05, 0.1) is 11.8 Å². The predicted octanol–water partition coefficient (Wildman–Crippen LogP) is 1.17. The van der Waals surface area contributed by atoms with E-state index in [1.807, 2.05) is 37.3 Å². The number of benzene rings is 1. The summed E-state index contributed by atoms with van der Waals surface area (Å²) in [5.41, 5.74) is 1.98. The fourth-order valence-electron chi connectivity index (χ4n) is 1.53. The minimum atomic E-state index is -0.368. The monoisotopic (exact) mass is 255 g/mol. The van der Waals surface area contributed by atoms with E-state index in [1.54, 1.807) is 0 Å². The molecule has 0 radical (unpaired) electrons. The van der Waals surface area contributed by atoms with Crippen LogP contribution in [0.25, 0.3) is 5.69 Å². The highest BCUT2D eigenvalue weighted by Gasteiger charge is 2.16. The van der Waals surface area contributed by atoms with Gasteiger partial charge < -0.3 is 4.90 Å². The fraction of sp³-hybridized carbons (Fsp3) is 0.231. The Labute approximate surface area is 110 Å². The third kappa shape index (κ3) is 2.77. The van der Waals surface area contributed by atoms with Crippen LogP contribution in [-0.2, 0) is 0 Å². The van der Waals surface area contributed by atoms with Crippen molar-refractivity contribution in [2.24, 2.45) is 0 Å². The van der Waals surface area contributed by atoms with Crippen LogP contribution in [0.5, 0.6) is 0 Å². The van der Waals surface area contributed by atoms with Crippen molar-refractivity contribution in [2.75, 3.05) is 13.6 Å². The second-order valence-corrected chi connectivity index (χ2v) is 4.17. The summed E-state index contributed by atoms with van der Waals surface area (Å²) in [4.78, 5) is 17.1. The van der Waals surface area contributed by atoms with Crippen molar-refractivity contribution in [3.63, 3.8) is 0 Å². The summed E-state index contributed by atoms with van der Waals surface area (Å²) < 4.78 is 1.53. The van der Waals surface area contributed by atoms with Crippen LogP contribution >= 0.6 is 0 Å². The molecule has 1 heterocycles. The zero-order chi connectivity index (χ0) is 13.8. The van der Waals surface area contributed by atoms with Crippen LogP contribution in [0.4, 0.5) is 0 Å². The van der Waals surface area contributed by atoms with Crippen molar-refractivity contribution in [1.29, 1.82) is 5.26 Å². The average Bonchev–Trinajstić information content (AvgIpc) is 2.88. The van der Waals surface area contributed by atoms with Gasteiger partial charge in [0.1, 0.15) is 12.9 Å². The molecule has 0 bridgehead atoms. The molecule has 0 unspecified atom stereocenters. The van der Waals surface area contributed by atoms with Crippen LogP contribution in [0, 0.1) is 18.3 Å². The molecule has 1 amide bonds. The van der Waals surface area contributed by atoms with Crippen molar-refractivity contribution in [3.05, 3.63) is 42.0 Å². The lowest BCUT2D eigenvalue weighted by atomic mass is 10.2. The number of nitrogens with zero attached hydrogens (tertiary/aromatic N) is 5. The molecule has 1 aromatic heterocycles. The number of nitriles is 1. The van der Waals surface area contributed by atoms with Gasteiger partial charge in [-0.1, -0.05) is 17.7 Å². The Morgan fingerprint density at radius 1 is 1.42 bits per heavy atom. The van der Waals surface area contributed by atoms with Gasteiger partial charge in [0.25, 0.3) is 5.91 Å². The lowest BCUT2D eigenvalue weighted by molar-refractivity contribution is 0.0800. The van der Waals surface area contributed by atoms with E-state index in [9.17, 15) is 4.79 Å². The summed E-state index contributed by atoms with van der Waals surface area (Å²) in [6.07, 6.45) is 1.48. The summed E-state index contributed by atoms with van der Waals surface area (Å²) in [5, 5.41) is 12.7. The number of rotatable bonds is 3. The molecule has 0 saturated heterocycles. The largest absolute Gasteiger partial charge is 0.326 e. The molecule has 19 heavy (non-hydrogen) atoms. The van der Waals surface area contributed by atoms with Gasteiger partial charge in [0.15, 0.2) is 0 Å². The van der Waals surface area contributed by atoms with Crippen LogP contribution < -0.4 is 0 Å². The average molecular weight is 255 g/mol. The second kappa shape index (κ2) is 5.31. The lowest BCUT2D eigenvalue weighted by Crippen LogP contribution is -2.28. The highest BCUT2D eigenvalue weighted by atomic mass is 16.2. The number of amides is 1. The van der Waals surface area contributed by atoms with E-state index < -0.39 is 0 Å². The topological polar surface area (TPSA) is 74.8 Å². The van der Waals surface area contributed by atoms with Crippen molar-refractivity contribution in [3.8, 4) is 11.8 Å². The SMILES string of the molecule is Cc1ccc(-n2cnc(C(=O)N(C)CC#N)n2)cc1. The van der Waals surface area contributed by atoms with Crippen LogP contribution in [0.1, 0.15) is 16.2 Å². The van der Waals surface area contributed by atoms with Gasteiger partial charge in [-0.05, 0) is 19.1 Å². The van der Waals surface area contributed by atoms with Gasteiger partial charge in [-0.15, -0.1) is 5.10 Å². The Kier molecular flexibility index (Phi) is 3.57. The first-order valence-electron chi connectivity index (χ1n) is 5.73. The van der Waals surface area contributed by atoms with Gasteiger partial charge in [-0.25, -0.2) is 9.67 Å². The molecule has 0 fully saturated rings. The molecule has 0 saturated carbocycles. The van der Waals surface area contributed by atoms with E-state index >= 15 is 0 Å². The molecule has 0 aliphatic rings. The molecular formula is C13H13N5O. The van der Waals surface area contributed by atoms with Crippen molar-refractivity contribution < 1.29 is 4.79 Å².